The predicted octanol–water partition coefficient (Wildman–Crippen LogP) is 2.36. The molecule has 0 radical (unpaired) electrons. The van der Waals surface area contributed by atoms with Crippen molar-refractivity contribution in [2.75, 3.05) is 11.9 Å². The number of halogens is 1. The van der Waals surface area contributed by atoms with E-state index in [2.05, 4.69) is 29.6 Å². The molecule has 28 heavy (non-hydrogen) atoms. The molecule has 0 amide bonds. The third kappa shape index (κ3) is 3.03. The van der Waals surface area contributed by atoms with Crippen LogP contribution in [0.2, 0.25) is 5.02 Å². The Labute approximate surface area is 167 Å². The molecule has 2 N–H and O–H groups in total. The number of rotatable bonds is 4. The molecule has 5 rings (SSSR count). The minimum Gasteiger partial charge on any atom is -0.368 e. The molecule has 1 aliphatic carbocycles. The second-order valence-corrected chi connectivity index (χ2v) is 9.42. The summed E-state index contributed by atoms with van der Waals surface area (Å²) in [6.07, 6.45) is 4.90. The maximum absolute atomic E-state index is 12.7. The maximum Gasteiger partial charge on any atom is 0.240 e. The average Bonchev–Trinajstić information content (AvgIpc) is 3.39. The number of aromatic nitrogens is 4. The Balaban J connectivity index is 1.38. The van der Waals surface area contributed by atoms with Gasteiger partial charge in [-0.25, -0.2) is 18.1 Å². The topological polar surface area (TPSA) is 101 Å². The number of hydrogen-bond donors (Lipinski definition) is 2. The van der Waals surface area contributed by atoms with Crippen LogP contribution in [-0.4, -0.2) is 40.6 Å². The second-order valence-electron chi connectivity index (χ2n) is 7.27. The third-order valence-electron chi connectivity index (χ3n) is 5.45. The van der Waals surface area contributed by atoms with Crippen LogP contribution in [0.3, 0.4) is 0 Å². The Morgan fingerprint density at radius 3 is 3.00 bits per heavy atom. The molecule has 0 saturated heterocycles. The summed E-state index contributed by atoms with van der Waals surface area (Å²) in [6, 6.07) is 6.17. The van der Waals surface area contributed by atoms with Gasteiger partial charge in [-0.05, 0) is 37.5 Å². The molecule has 1 saturated carbocycles. The molecule has 3 heterocycles. The van der Waals surface area contributed by atoms with Crippen molar-refractivity contribution < 1.29 is 8.42 Å². The molecule has 2 aliphatic rings. The molecule has 2 atom stereocenters. The van der Waals surface area contributed by atoms with Crippen molar-refractivity contribution in [2.45, 2.75) is 42.5 Å². The summed E-state index contributed by atoms with van der Waals surface area (Å²) in [5.74, 6) is 1.92. The van der Waals surface area contributed by atoms with Crippen molar-refractivity contribution in [1.82, 2.24) is 24.3 Å². The fraction of sp³-hybridized carbons (Fsp3) is 0.389. The van der Waals surface area contributed by atoms with E-state index in [-0.39, 0.29) is 16.9 Å². The fourth-order valence-corrected chi connectivity index (χ4v) is 5.74. The van der Waals surface area contributed by atoms with Gasteiger partial charge in [0.2, 0.25) is 10.0 Å². The number of benzene rings is 1. The first kappa shape index (κ1) is 17.8. The minimum absolute atomic E-state index is 0.144. The smallest absolute Gasteiger partial charge is 0.240 e. The first-order valence-electron chi connectivity index (χ1n) is 9.26. The van der Waals surface area contributed by atoms with Crippen LogP contribution in [0.5, 0.6) is 0 Å². The highest BCUT2D eigenvalue weighted by molar-refractivity contribution is 7.89. The van der Waals surface area contributed by atoms with Gasteiger partial charge in [0.05, 0.1) is 16.8 Å². The Hall–Kier alpha value is -2.23. The molecule has 1 aromatic carbocycles. The van der Waals surface area contributed by atoms with Gasteiger partial charge < -0.3 is 5.32 Å². The van der Waals surface area contributed by atoms with Crippen LogP contribution >= 0.6 is 11.6 Å². The number of nitrogens with zero attached hydrogens (tertiary/aromatic N) is 4. The lowest BCUT2D eigenvalue weighted by atomic mass is 10.1. The van der Waals surface area contributed by atoms with E-state index < -0.39 is 10.0 Å². The predicted molar refractivity (Wildman–Crippen MR) is 105 cm³/mol. The minimum atomic E-state index is -3.61. The normalized spacial score (nSPS) is 21.8. The highest BCUT2D eigenvalue weighted by atomic mass is 35.5. The van der Waals surface area contributed by atoms with E-state index in [9.17, 15) is 8.42 Å². The average molecular weight is 419 g/mol. The molecule has 1 fully saturated rings. The summed E-state index contributed by atoms with van der Waals surface area (Å²) in [6.45, 7) is 0.853. The molecule has 10 heteroatoms. The SMILES string of the molecule is O=S(=O)(N[C@H]1CC[C@@H](c2nnc3cnc4c(n23)CCN4)C1)c1cccc(Cl)c1. The van der Waals surface area contributed by atoms with Crippen molar-refractivity contribution in [2.24, 2.45) is 0 Å². The van der Waals surface area contributed by atoms with Gasteiger partial charge in [0.25, 0.3) is 0 Å². The van der Waals surface area contributed by atoms with Crippen molar-refractivity contribution in [3.05, 3.63) is 47.0 Å². The van der Waals surface area contributed by atoms with Crippen LogP contribution in [0.4, 0.5) is 5.82 Å². The standard InChI is InChI=1S/C18H19ClN6O2S/c19-12-2-1-3-14(9-12)28(26,27)24-13-5-4-11(8-13)18-23-22-16-10-21-17-15(25(16)18)6-7-20-17/h1-3,9-11,13,20,24H,4-8H2/t11-,13+/m1/s1. The zero-order valence-corrected chi connectivity index (χ0v) is 16.5. The van der Waals surface area contributed by atoms with Gasteiger partial charge in [0.15, 0.2) is 5.65 Å². The number of fused-ring (bicyclic) bond motifs is 3. The van der Waals surface area contributed by atoms with Crippen LogP contribution in [0.25, 0.3) is 5.65 Å². The highest BCUT2D eigenvalue weighted by Gasteiger charge is 2.33. The zero-order chi connectivity index (χ0) is 19.3. The van der Waals surface area contributed by atoms with Gasteiger partial charge in [0, 0.05) is 29.9 Å². The maximum atomic E-state index is 12.7. The summed E-state index contributed by atoms with van der Waals surface area (Å²) in [7, 11) is -3.61. The molecule has 1 aliphatic heterocycles. The van der Waals surface area contributed by atoms with Crippen LogP contribution in [-0.2, 0) is 16.4 Å². The first-order chi connectivity index (χ1) is 13.5. The molecule has 8 nitrogen and oxygen atoms in total. The first-order valence-corrected chi connectivity index (χ1v) is 11.1. The van der Waals surface area contributed by atoms with E-state index in [1.165, 1.54) is 6.07 Å². The Kier molecular flexibility index (Phi) is 4.26. The van der Waals surface area contributed by atoms with E-state index in [1.807, 2.05) is 0 Å². The van der Waals surface area contributed by atoms with Gasteiger partial charge in [-0.3, -0.25) is 4.40 Å². The second kappa shape index (κ2) is 6.68. The van der Waals surface area contributed by atoms with E-state index >= 15 is 0 Å². The third-order valence-corrected chi connectivity index (χ3v) is 7.20. The Morgan fingerprint density at radius 2 is 2.14 bits per heavy atom. The summed E-state index contributed by atoms with van der Waals surface area (Å²) < 4.78 is 30.3. The highest BCUT2D eigenvalue weighted by Crippen LogP contribution is 2.35. The molecule has 2 aromatic heterocycles. The van der Waals surface area contributed by atoms with E-state index in [4.69, 9.17) is 11.6 Å². The van der Waals surface area contributed by atoms with Crippen LogP contribution in [0, 0.1) is 0 Å². The van der Waals surface area contributed by atoms with Gasteiger partial charge >= 0.3 is 0 Å². The molecule has 0 bridgehead atoms. The lowest BCUT2D eigenvalue weighted by Gasteiger charge is -2.14. The van der Waals surface area contributed by atoms with Crippen molar-refractivity contribution in [1.29, 1.82) is 0 Å². The summed E-state index contributed by atoms with van der Waals surface area (Å²) >= 11 is 5.94. The van der Waals surface area contributed by atoms with Gasteiger partial charge in [0.1, 0.15) is 11.6 Å². The lowest BCUT2D eigenvalue weighted by Crippen LogP contribution is -2.33. The van der Waals surface area contributed by atoms with E-state index in [0.29, 0.717) is 11.4 Å². The summed E-state index contributed by atoms with van der Waals surface area (Å²) in [5, 5.41) is 12.3. The quantitative estimate of drug-likeness (QED) is 0.674. The van der Waals surface area contributed by atoms with Crippen LogP contribution in [0.1, 0.15) is 36.7 Å². The molecule has 3 aromatic rings. The largest absolute Gasteiger partial charge is 0.368 e. The monoisotopic (exact) mass is 418 g/mol. The number of nitrogens with one attached hydrogen (secondary N) is 2. The van der Waals surface area contributed by atoms with Crippen molar-refractivity contribution >= 4 is 33.1 Å². The van der Waals surface area contributed by atoms with Crippen molar-refractivity contribution in [3.8, 4) is 0 Å². The van der Waals surface area contributed by atoms with Gasteiger partial charge in [-0.1, -0.05) is 17.7 Å². The van der Waals surface area contributed by atoms with Crippen molar-refractivity contribution in [3.63, 3.8) is 0 Å². The van der Waals surface area contributed by atoms with E-state index in [1.54, 1.807) is 24.4 Å². The summed E-state index contributed by atoms with van der Waals surface area (Å²) in [4.78, 5) is 4.58. The van der Waals surface area contributed by atoms with Crippen LogP contribution < -0.4 is 10.0 Å². The molecule has 0 unspecified atom stereocenters. The number of hydrogen-bond acceptors (Lipinski definition) is 6. The van der Waals surface area contributed by atoms with E-state index in [0.717, 1.165) is 48.8 Å². The summed E-state index contributed by atoms with van der Waals surface area (Å²) in [5.41, 5.74) is 1.83. The lowest BCUT2D eigenvalue weighted by molar-refractivity contribution is 0.546. The zero-order valence-electron chi connectivity index (χ0n) is 15.0. The number of anilines is 1. The van der Waals surface area contributed by atoms with Gasteiger partial charge in [-0.15, -0.1) is 10.2 Å². The Morgan fingerprint density at radius 1 is 1.25 bits per heavy atom. The van der Waals surface area contributed by atoms with Gasteiger partial charge in [-0.2, -0.15) is 0 Å². The number of sulfonamides is 1. The molecule has 0 spiro atoms. The fourth-order valence-electron chi connectivity index (χ4n) is 4.16. The van der Waals surface area contributed by atoms with Crippen LogP contribution in [0.15, 0.2) is 35.4 Å². The Bertz CT molecular complexity index is 1160. The molecule has 146 valence electrons. The molecular formula is C18H19ClN6O2S. The molecular weight excluding hydrogens is 400 g/mol.